The Morgan fingerprint density at radius 2 is 1.92 bits per heavy atom. The van der Waals surface area contributed by atoms with E-state index < -0.39 is 39.0 Å². The molecule has 0 aliphatic heterocycles. The summed E-state index contributed by atoms with van der Waals surface area (Å²) in [5, 5.41) is 2.82. The zero-order chi connectivity index (χ0) is 19.5. The van der Waals surface area contributed by atoms with Crippen LogP contribution >= 0.6 is 11.6 Å². The zero-order valence-corrected chi connectivity index (χ0v) is 15.4. The van der Waals surface area contributed by atoms with Crippen molar-refractivity contribution in [3.8, 4) is 5.75 Å². The van der Waals surface area contributed by atoms with Crippen LogP contribution in [0.2, 0.25) is 5.02 Å². The molecule has 0 spiro atoms. The molecule has 2 aromatic carbocycles. The minimum Gasteiger partial charge on any atom is -0.495 e. The maximum Gasteiger partial charge on any atom is 0.246 e. The highest BCUT2D eigenvalue weighted by atomic mass is 35.5. The third-order valence-electron chi connectivity index (χ3n) is 3.38. The van der Waals surface area contributed by atoms with E-state index in [1.165, 1.54) is 19.2 Å². The number of ether oxygens (including phenoxy) is 1. The van der Waals surface area contributed by atoms with Gasteiger partial charge in [-0.25, -0.2) is 17.2 Å². The second kappa shape index (κ2) is 7.98. The molecule has 0 bridgehead atoms. The number of methoxy groups -OCH3 is 1. The number of amides is 1. The highest BCUT2D eigenvalue weighted by Crippen LogP contribution is 2.27. The Labute approximate surface area is 154 Å². The molecular weight excluding hydrogens is 390 g/mol. The van der Waals surface area contributed by atoms with Gasteiger partial charge >= 0.3 is 0 Å². The molecule has 0 fully saturated rings. The average molecular weight is 405 g/mol. The molecule has 0 aliphatic rings. The van der Waals surface area contributed by atoms with Crippen molar-refractivity contribution in [1.29, 1.82) is 0 Å². The molecule has 0 heterocycles. The van der Waals surface area contributed by atoms with Crippen molar-refractivity contribution in [2.45, 2.75) is 4.90 Å². The van der Waals surface area contributed by atoms with Gasteiger partial charge in [0, 0.05) is 18.1 Å². The molecule has 10 heteroatoms. The van der Waals surface area contributed by atoms with E-state index in [0.717, 1.165) is 19.2 Å². The first-order chi connectivity index (χ1) is 12.1. The summed E-state index contributed by atoms with van der Waals surface area (Å²) in [6.45, 7) is -0.602. The number of carbonyl (C=O) groups is 1. The van der Waals surface area contributed by atoms with Crippen LogP contribution in [-0.2, 0) is 14.8 Å². The summed E-state index contributed by atoms with van der Waals surface area (Å²) in [6.07, 6.45) is 0. The van der Waals surface area contributed by atoms with Crippen LogP contribution in [0.3, 0.4) is 0 Å². The summed E-state index contributed by atoms with van der Waals surface area (Å²) < 4.78 is 57.2. The summed E-state index contributed by atoms with van der Waals surface area (Å²) in [6, 6.07) is 6.61. The fourth-order valence-corrected chi connectivity index (χ4v) is 3.45. The maximum absolute atomic E-state index is 13.8. The maximum atomic E-state index is 13.8. The number of halogens is 3. The largest absolute Gasteiger partial charge is 0.495 e. The standard InChI is InChI=1S/C16H15ClF2N2O4S/c1-21(26(23,24)15-6-4-11(18)8-12(15)19)9-16(22)20-13-7-10(17)3-5-14(13)25-2/h3-8H,9H2,1-2H3,(H,20,22). The molecule has 0 aliphatic carbocycles. The third kappa shape index (κ3) is 4.48. The lowest BCUT2D eigenvalue weighted by molar-refractivity contribution is -0.116. The molecule has 0 saturated carbocycles. The number of carbonyl (C=O) groups excluding carboxylic acids is 1. The number of benzene rings is 2. The fraction of sp³-hybridized carbons (Fsp3) is 0.188. The monoisotopic (exact) mass is 404 g/mol. The molecule has 26 heavy (non-hydrogen) atoms. The van der Waals surface area contributed by atoms with Crippen molar-refractivity contribution in [2.75, 3.05) is 26.0 Å². The van der Waals surface area contributed by atoms with Gasteiger partial charge in [0.15, 0.2) is 0 Å². The molecule has 140 valence electrons. The van der Waals surface area contributed by atoms with E-state index in [4.69, 9.17) is 16.3 Å². The molecule has 2 aromatic rings. The average Bonchev–Trinajstić information content (AvgIpc) is 2.54. The summed E-state index contributed by atoms with van der Waals surface area (Å²) in [4.78, 5) is 11.4. The van der Waals surface area contributed by atoms with Gasteiger partial charge in [0.2, 0.25) is 15.9 Å². The Hall–Kier alpha value is -2.23. The highest BCUT2D eigenvalue weighted by molar-refractivity contribution is 7.89. The smallest absolute Gasteiger partial charge is 0.246 e. The number of hydrogen-bond donors (Lipinski definition) is 1. The van der Waals surface area contributed by atoms with E-state index in [1.54, 1.807) is 6.07 Å². The van der Waals surface area contributed by atoms with E-state index in [-0.39, 0.29) is 5.69 Å². The molecule has 1 N–H and O–H groups in total. The van der Waals surface area contributed by atoms with Crippen LogP contribution in [0.15, 0.2) is 41.3 Å². The molecule has 2 rings (SSSR count). The van der Waals surface area contributed by atoms with Crippen LogP contribution in [0, 0.1) is 11.6 Å². The lowest BCUT2D eigenvalue weighted by Crippen LogP contribution is -2.35. The Bertz CT molecular complexity index is 938. The van der Waals surface area contributed by atoms with Crippen molar-refractivity contribution in [3.63, 3.8) is 0 Å². The first-order valence-corrected chi connectivity index (χ1v) is 9.01. The van der Waals surface area contributed by atoms with Crippen LogP contribution in [-0.4, -0.2) is 39.3 Å². The Balaban J connectivity index is 2.17. The van der Waals surface area contributed by atoms with E-state index >= 15 is 0 Å². The van der Waals surface area contributed by atoms with E-state index in [9.17, 15) is 22.0 Å². The number of hydrogen-bond acceptors (Lipinski definition) is 4. The molecule has 0 saturated heterocycles. The van der Waals surface area contributed by atoms with Crippen molar-refractivity contribution in [2.24, 2.45) is 0 Å². The molecular formula is C16H15ClF2N2O4S. The molecule has 0 radical (unpaired) electrons. The minimum atomic E-state index is -4.32. The van der Waals surface area contributed by atoms with Gasteiger partial charge in [0.05, 0.1) is 19.3 Å². The normalized spacial score (nSPS) is 11.5. The fourth-order valence-electron chi connectivity index (χ4n) is 2.11. The lowest BCUT2D eigenvalue weighted by atomic mass is 10.3. The third-order valence-corrected chi connectivity index (χ3v) is 5.46. The van der Waals surface area contributed by atoms with Crippen LogP contribution in [0.4, 0.5) is 14.5 Å². The Morgan fingerprint density at radius 1 is 1.23 bits per heavy atom. The van der Waals surface area contributed by atoms with Crippen LogP contribution in [0.25, 0.3) is 0 Å². The van der Waals surface area contributed by atoms with Gasteiger partial charge in [-0.3, -0.25) is 4.79 Å². The predicted octanol–water partition coefficient (Wildman–Crippen LogP) is 2.89. The number of rotatable bonds is 6. The van der Waals surface area contributed by atoms with Crippen LogP contribution < -0.4 is 10.1 Å². The Morgan fingerprint density at radius 3 is 2.54 bits per heavy atom. The zero-order valence-electron chi connectivity index (χ0n) is 13.8. The Kier molecular flexibility index (Phi) is 6.17. The highest BCUT2D eigenvalue weighted by Gasteiger charge is 2.26. The second-order valence-electron chi connectivity index (χ2n) is 5.23. The number of sulfonamides is 1. The van der Waals surface area contributed by atoms with Crippen molar-refractivity contribution >= 4 is 33.2 Å². The van der Waals surface area contributed by atoms with E-state index in [0.29, 0.717) is 21.1 Å². The SMILES string of the molecule is COc1ccc(Cl)cc1NC(=O)CN(C)S(=O)(=O)c1ccc(F)cc1F. The number of nitrogens with one attached hydrogen (secondary N) is 1. The van der Waals surface area contributed by atoms with Gasteiger partial charge in [-0.1, -0.05) is 11.6 Å². The first-order valence-electron chi connectivity index (χ1n) is 7.20. The van der Waals surface area contributed by atoms with E-state index in [2.05, 4.69) is 5.32 Å². The number of anilines is 1. The topological polar surface area (TPSA) is 75.7 Å². The van der Waals surface area contributed by atoms with Gasteiger partial charge < -0.3 is 10.1 Å². The molecule has 0 atom stereocenters. The van der Waals surface area contributed by atoms with Gasteiger partial charge in [0.1, 0.15) is 22.3 Å². The first kappa shape index (κ1) is 20.1. The lowest BCUT2D eigenvalue weighted by Gasteiger charge is -2.18. The second-order valence-corrected chi connectivity index (χ2v) is 7.68. The van der Waals surface area contributed by atoms with Crippen LogP contribution in [0.5, 0.6) is 5.75 Å². The molecule has 1 amide bonds. The van der Waals surface area contributed by atoms with Gasteiger partial charge in [0.25, 0.3) is 0 Å². The quantitative estimate of drug-likeness (QED) is 0.803. The number of nitrogens with zero attached hydrogens (tertiary/aromatic N) is 1. The van der Waals surface area contributed by atoms with Crippen molar-refractivity contribution in [1.82, 2.24) is 4.31 Å². The summed E-state index contributed by atoms with van der Waals surface area (Å²) in [7, 11) is -1.82. The molecule has 6 nitrogen and oxygen atoms in total. The van der Waals surface area contributed by atoms with Gasteiger partial charge in [-0.15, -0.1) is 0 Å². The van der Waals surface area contributed by atoms with Crippen LogP contribution in [0.1, 0.15) is 0 Å². The predicted molar refractivity (Wildman–Crippen MR) is 92.8 cm³/mol. The van der Waals surface area contributed by atoms with E-state index in [1.807, 2.05) is 0 Å². The summed E-state index contributed by atoms with van der Waals surface area (Å²) >= 11 is 5.86. The van der Waals surface area contributed by atoms with Crippen molar-refractivity contribution < 1.29 is 26.7 Å². The number of likely N-dealkylation sites (N-methyl/N-ethyl adjacent to an activating group) is 1. The van der Waals surface area contributed by atoms with Gasteiger partial charge in [-0.2, -0.15) is 4.31 Å². The summed E-state index contributed by atoms with van der Waals surface area (Å²) in [5.41, 5.74) is 0.253. The molecule has 0 aromatic heterocycles. The van der Waals surface area contributed by atoms with Gasteiger partial charge in [-0.05, 0) is 30.3 Å². The summed E-state index contributed by atoms with van der Waals surface area (Å²) in [5.74, 6) is -2.51. The minimum absolute atomic E-state index is 0.253. The van der Waals surface area contributed by atoms with Crippen molar-refractivity contribution in [3.05, 3.63) is 53.1 Å². The molecule has 0 unspecified atom stereocenters.